The van der Waals surface area contributed by atoms with E-state index >= 15 is 0 Å². The zero-order chi connectivity index (χ0) is 32.7. The zero-order valence-corrected chi connectivity index (χ0v) is 29.8. The summed E-state index contributed by atoms with van der Waals surface area (Å²) in [4.78, 5) is 33.7. The van der Waals surface area contributed by atoms with Crippen molar-refractivity contribution >= 4 is 53.7 Å². The number of carbonyl (C=O) groups is 2. The van der Waals surface area contributed by atoms with E-state index in [4.69, 9.17) is 9.47 Å². The molecule has 0 radical (unpaired) electrons. The van der Waals surface area contributed by atoms with Crippen LogP contribution in [0.2, 0.25) is 25.7 Å². The van der Waals surface area contributed by atoms with Crippen molar-refractivity contribution in [2.45, 2.75) is 51.4 Å². The maximum Gasteiger partial charge on any atom is 0.405 e. The second-order valence-corrected chi connectivity index (χ2v) is 19.6. The monoisotopic (exact) mass is 755 g/mol. The zero-order valence-electron chi connectivity index (χ0n) is 26.6. The van der Waals surface area contributed by atoms with Crippen molar-refractivity contribution < 1.29 is 24.2 Å². The minimum atomic E-state index is -1.22. The standard InChI is InChI=1S/C34H42IN5O5Si/c1-46(2,3)20-19-44-24-40-23-28(35)31-30(13-14-36-32(31)40)45-27-11-9-25(10-12-27)21-29(37-34(42)43)33(41)39-17-15-38(16-18-39)22-26-7-5-4-6-8-26/h4-14,23,29,37H,15-22,24H2,1-3H3,(H,42,43)/t29-/m0/s1. The minimum Gasteiger partial charge on any atom is -0.465 e. The summed E-state index contributed by atoms with van der Waals surface area (Å²) in [6, 6.07) is 19.8. The lowest BCUT2D eigenvalue weighted by atomic mass is 10.0. The van der Waals surface area contributed by atoms with Crippen LogP contribution in [-0.2, 0) is 29.2 Å². The van der Waals surface area contributed by atoms with E-state index < -0.39 is 20.2 Å². The maximum atomic E-state index is 13.4. The van der Waals surface area contributed by atoms with Crippen LogP contribution in [0.15, 0.2) is 73.1 Å². The molecule has 1 aliphatic rings. The first-order valence-corrected chi connectivity index (χ1v) is 20.4. The minimum absolute atomic E-state index is 0.204. The molecule has 0 aliphatic carbocycles. The quantitative estimate of drug-likeness (QED) is 0.0942. The third-order valence-corrected chi connectivity index (χ3v) is 10.5. The van der Waals surface area contributed by atoms with Gasteiger partial charge in [0.25, 0.3) is 0 Å². The molecule has 46 heavy (non-hydrogen) atoms. The molecule has 10 nitrogen and oxygen atoms in total. The Hall–Kier alpha value is -3.46. The summed E-state index contributed by atoms with van der Waals surface area (Å²) in [6.45, 7) is 11.6. The number of amides is 2. The Labute approximate surface area is 284 Å². The molecular formula is C34H42IN5O5Si. The van der Waals surface area contributed by atoms with Crippen LogP contribution in [0.3, 0.4) is 0 Å². The van der Waals surface area contributed by atoms with Crippen LogP contribution in [0.25, 0.3) is 11.0 Å². The lowest BCUT2D eigenvalue weighted by molar-refractivity contribution is -0.135. The summed E-state index contributed by atoms with van der Waals surface area (Å²) >= 11 is 2.30. The van der Waals surface area contributed by atoms with Crippen LogP contribution in [0.4, 0.5) is 4.79 Å². The van der Waals surface area contributed by atoms with Crippen LogP contribution < -0.4 is 10.1 Å². The highest BCUT2D eigenvalue weighted by molar-refractivity contribution is 14.1. The second-order valence-electron chi connectivity index (χ2n) is 12.8. The van der Waals surface area contributed by atoms with Crippen molar-refractivity contribution in [1.82, 2.24) is 24.7 Å². The van der Waals surface area contributed by atoms with Crippen molar-refractivity contribution in [2.75, 3.05) is 32.8 Å². The molecule has 2 N–H and O–H groups in total. The van der Waals surface area contributed by atoms with E-state index in [1.807, 2.05) is 59.3 Å². The molecule has 1 saturated heterocycles. The number of hydrogen-bond donors (Lipinski definition) is 2. The Morgan fingerprint density at radius 2 is 1.72 bits per heavy atom. The van der Waals surface area contributed by atoms with Gasteiger partial charge in [0.05, 0.1) is 5.39 Å². The first-order valence-electron chi connectivity index (χ1n) is 15.6. The summed E-state index contributed by atoms with van der Waals surface area (Å²) in [5, 5.41) is 12.9. The Bertz CT molecular complexity index is 1620. The number of fused-ring (bicyclic) bond motifs is 1. The van der Waals surface area contributed by atoms with Crippen LogP contribution in [0.1, 0.15) is 11.1 Å². The van der Waals surface area contributed by atoms with Gasteiger partial charge in [-0.1, -0.05) is 62.1 Å². The Kier molecular flexibility index (Phi) is 11.4. The number of nitrogens with one attached hydrogen (secondary N) is 1. The number of carboxylic acid groups (broad SMARTS) is 1. The molecule has 12 heteroatoms. The van der Waals surface area contributed by atoms with Crippen molar-refractivity contribution in [1.29, 1.82) is 0 Å². The number of piperazine rings is 1. The molecule has 2 aromatic carbocycles. The predicted molar refractivity (Wildman–Crippen MR) is 190 cm³/mol. The maximum absolute atomic E-state index is 13.4. The largest absolute Gasteiger partial charge is 0.465 e. The molecule has 4 aromatic rings. The van der Waals surface area contributed by atoms with E-state index in [0.717, 1.165) is 52.5 Å². The average Bonchev–Trinajstić information content (AvgIpc) is 3.35. The third kappa shape index (κ3) is 9.30. The van der Waals surface area contributed by atoms with E-state index in [-0.39, 0.29) is 12.3 Å². The number of carbonyl (C=O) groups excluding carboxylic acids is 1. The fraction of sp³-hybridized carbons (Fsp3) is 0.382. The first kappa shape index (κ1) is 33.9. The molecule has 0 saturated carbocycles. The van der Waals surface area contributed by atoms with Gasteiger partial charge in [0, 0.05) is 69.8 Å². The fourth-order valence-electron chi connectivity index (χ4n) is 5.46. The lowest BCUT2D eigenvalue weighted by Crippen LogP contribution is -2.55. The summed E-state index contributed by atoms with van der Waals surface area (Å²) in [5.41, 5.74) is 2.87. The molecular weight excluding hydrogens is 713 g/mol. The molecule has 0 spiro atoms. The van der Waals surface area contributed by atoms with Crippen molar-refractivity contribution in [3.8, 4) is 11.5 Å². The van der Waals surface area contributed by atoms with Gasteiger partial charge in [-0.2, -0.15) is 0 Å². The van der Waals surface area contributed by atoms with Gasteiger partial charge >= 0.3 is 6.09 Å². The highest BCUT2D eigenvalue weighted by atomic mass is 127. The highest BCUT2D eigenvalue weighted by Gasteiger charge is 2.29. The number of rotatable bonds is 13. The predicted octanol–water partition coefficient (Wildman–Crippen LogP) is 6.27. The van der Waals surface area contributed by atoms with E-state index in [2.05, 4.69) is 69.6 Å². The molecule has 2 amide bonds. The molecule has 3 heterocycles. The second kappa shape index (κ2) is 15.4. The molecule has 0 bridgehead atoms. The average molecular weight is 756 g/mol. The van der Waals surface area contributed by atoms with Gasteiger partial charge in [-0.05, 0) is 58.0 Å². The van der Waals surface area contributed by atoms with Crippen LogP contribution in [-0.4, -0.2) is 83.4 Å². The number of pyridine rings is 1. The Morgan fingerprint density at radius 3 is 2.39 bits per heavy atom. The molecule has 1 atom stereocenters. The summed E-state index contributed by atoms with van der Waals surface area (Å²) in [5.74, 6) is 1.12. The first-order chi connectivity index (χ1) is 22.1. The summed E-state index contributed by atoms with van der Waals surface area (Å²) in [6.07, 6.45) is 2.79. The molecule has 2 aromatic heterocycles. The molecule has 5 rings (SSSR count). The van der Waals surface area contributed by atoms with E-state index in [1.165, 1.54) is 5.56 Å². The van der Waals surface area contributed by atoms with E-state index in [0.29, 0.717) is 31.3 Å². The van der Waals surface area contributed by atoms with Crippen molar-refractivity contribution in [3.05, 3.63) is 87.8 Å². The van der Waals surface area contributed by atoms with E-state index in [1.54, 1.807) is 11.1 Å². The molecule has 1 aliphatic heterocycles. The number of benzene rings is 2. The topological polar surface area (TPSA) is 109 Å². The Morgan fingerprint density at radius 1 is 1.00 bits per heavy atom. The highest BCUT2D eigenvalue weighted by Crippen LogP contribution is 2.33. The van der Waals surface area contributed by atoms with Gasteiger partial charge < -0.3 is 29.4 Å². The smallest absolute Gasteiger partial charge is 0.405 e. The Balaban J connectivity index is 1.20. The van der Waals surface area contributed by atoms with Crippen molar-refractivity contribution in [3.63, 3.8) is 0 Å². The summed E-state index contributed by atoms with van der Waals surface area (Å²) < 4.78 is 15.3. The lowest BCUT2D eigenvalue weighted by Gasteiger charge is -2.36. The number of nitrogens with zero attached hydrogens (tertiary/aromatic N) is 4. The number of halogens is 1. The molecule has 0 unspecified atom stereocenters. The SMILES string of the molecule is C[Si](C)(C)CCOCn1cc(I)c2c(Oc3ccc(C[C@H](NC(=O)O)C(=O)N4CCN(Cc5ccccc5)CC4)cc3)ccnc21. The van der Waals surface area contributed by atoms with Gasteiger partial charge in [0.15, 0.2) is 0 Å². The fourth-order valence-corrected chi connectivity index (χ4v) is 7.06. The van der Waals surface area contributed by atoms with Gasteiger partial charge in [0.2, 0.25) is 5.91 Å². The van der Waals surface area contributed by atoms with E-state index in [9.17, 15) is 14.7 Å². The number of hydrogen-bond acceptors (Lipinski definition) is 6. The summed E-state index contributed by atoms with van der Waals surface area (Å²) in [7, 11) is -1.17. The van der Waals surface area contributed by atoms with Gasteiger partial charge in [-0.25, -0.2) is 9.78 Å². The third-order valence-electron chi connectivity index (χ3n) is 8.02. The normalized spacial score (nSPS) is 14.7. The number of aromatic nitrogens is 2. The van der Waals surface area contributed by atoms with Gasteiger partial charge in [-0.15, -0.1) is 0 Å². The van der Waals surface area contributed by atoms with Gasteiger partial charge in [-0.3, -0.25) is 9.69 Å². The van der Waals surface area contributed by atoms with Crippen molar-refractivity contribution in [2.24, 2.45) is 0 Å². The van der Waals surface area contributed by atoms with Crippen LogP contribution in [0.5, 0.6) is 11.5 Å². The molecule has 1 fully saturated rings. The molecule has 244 valence electrons. The number of ether oxygens (including phenoxy) is 2. The van der Waals surface area contributed by atoms with Crippen LogP contribution >= 0.6 is 22.6 Å². The van der Waals surface area contributed by atoms with Gasteiger partial charge in [0.1, 0.15) is 29.9 Å². The van der Waals surface area contributed by atoms with Crippen LogP contribution in [0, 0.1) is 3.57 Å².